The van der Waals surface area contributed by atoms with Crippen molar-refractivity contribution in [2.24, 2.45) is 5.73 Å². The normalized spacial score (nSPS) is 13.8. The summed E-state index contributed by atoms with van der Waals surface area (Å²) in [6.45, 7) is 3.56. The Bertz CT molecular complexity index is 1820. The van der Waals surface area contributed by atoms with Crippen molar-refractivity contribution in [3.63, 3.8) is 0 Å². The first-order chi connectivity index (χ1) is 40.8. The van der Waals surface area contributed by atoms with Crippen LogP contribution in [0.2, 0.25) is 0 Å². The number of hydrogen-bond acceptors (Lipinski definition) is 8. The molecule has 0 aliphatic heterocycles. The van der Waals surface area contributed by atoms with E-state index in [1.54, 1.807) is 0 Å². The average Bonchev–Trinajstić information content (AvgIpc) is 3.49. The Labute approximate surface area is 510 Å². The molecule has 0 amide bonds. The van der Waals surface area contributed by atoms with Crippen molar-refractivity contribution in [2.75, 3.05) is 26.4 Å². The number of phosphoric ester groups is 1. The van der Waals surface area contributed by atoms with E-state index in [0.717, 1.165) is 83.5 Å². The van der Waals surface area contributed by atoms with Crippen molar-refractivity contribution >= 4 is 19.8 Å². The third-order valence-electron chi connectivity index (χ3n) is 14.0. The highest BCUT2D eigenvalue weighted by atomic mass is 31.2. The lowest BCUT2D eigenvalue weighted by Crippen LogP contribution is -2.29. The molecule has 0 spiro atoms. The molecule has 9 nitrogen and oxygen atoms in total. The first-order valence-corrected chi connectivity index (χ1v) is 35.2. The van der Waals surface area contributed by atoms with Crippen molar-refractivity contribution in [2.45, 2.75) is 290 Å². The number of rotatable bonds is 62. The van der Waals surface area contributed by atoms with Gasteiger partial charge in [-0.25, -0.2) is 4.57 Å². The second-order valence-corrected chi connectivity index (χ2v) is 23.4. The zero-order valence-corrected chi connectivity index (χ0v) is 54.0. The molecule has 0 aromatic heterocycles. The van der Waals surface area contributed by atoms with Crippen LogP contribution in [0.5, 0.6) is 0 Å². The Kier molecular flexibility index (Phi) is 64.2. The molecule has 3 N–H and O–H groups in total. The highest BCUT2D eigenvalue weighted by molar-refractivity contribution is 7.47. The molecule has 0 rings (SSSR count). The van der Waals surface area contributed by atoms with E-state index < -0.39 is 32.5 Å². The van der Waals surface area contributed by atoms with E-state index in [9.17, 15) is 19.0 Å². The summed E-state index contributed by atoms with van der Waals surface area (Å²) < 4.78 is 33.1. The highest BCUT2D eigenvalue weighted by Crippen LogP contribution is 2.43. The molecule has 10 heteroatoms. The minimum Gasteiger partial charge on any atom is -0.462 e. The zero-order chi connectivity index (χ0) is 60.1. The van der Waals surface area contributed by atoms with Crippen LogP contribution in [0.15, 0.2) is 134 Å². The van der Waals surface area contributed by atoms with Crippen molar-refractivity contribution in [1.82, 2.24) is 0 Å². The van der Waals surface area contributed by atoms with Crippen LogP contribution >= 0.6 is 7.82 Å². The van der Waals surface area contributed by atoms with Gasteiger partial charge in [0.2, 0.25) is 0 Å². The zero-order valence-electron chi connectivity index (χ0n) is 53.1. The molecule has 0 heterocycles. The van der Waals surface area contributed by atoms with E-state index in [0.29, 0.717) is 12.8 Å². The fourth-order valence-corrected chi connectivity index (χ4v) is 9.85. The summed E-state index contributed by atoms with van der Waals surface area (Å²) >= 11 is 0. The van der Waals surface area contributed by atoms with Crippen LogP contribution in [0.4, 0.5) is 0 Å². The van der Waals surface area contributed by atoms with Gasteiger partial charge in [0.1, 0.15) is 6.61 Å². The lowest BCUT2D eigenvalue weighted by Gasteiger charge is -2.19. The van der Waals surface area contributed by atoms with E-state index >= 15 is 0 Å². The molecule has 0 bridgehead atoms. The summed E-state index contributed by atoms with van der Waals surface area (Å²) in [5.41, 5.74) is 5.39. The number of carbonyl (C=O) groups excluding carboxylic acids is 2. The monoisotopic (exact) mass is 1170 g/mol. The minimum atomic E-state index is -4.42. The first-order valence-electron chi connectivity index (χ1n) is 33.7. The Hall–Kier alpha value is -3.85. The van der Waals surface area contributed by atoms with Gasteiger partial charge < -0.3 is 20.1 Å². The third-order valence-corrected chi connectivity index (χ3v) is 15.0. The Morgan fingerprint density at radius 1 is 0.373 bits per heavy atom. The van der Waals surface area contributed by atoms with Gasteiger partial charge in [0.05, 0.1) is 13.2 Å². The van der Waals surface area contributed by atoms with E-state index in [1.807, 2.05) is 6.08 Å². The lowest BCUT2D eigenvalue weighted by molar-refractivity contribution is -0.161. The molecule has 2 unspecified atom stereocenters. The topological polar surface area (TPSA) is 134 Å². The molecule has 0 aromatic carbocycles. The molecule has 0 aliphatic carbocycles. The van der Waals surface area contributed by atoms with Crippen molar-refractivity contribution in [1.29, 1.82) is 0 Å². The van der Waals surface area contributed by atoms with Gasteiger partial charge in [-0.05, 0) is 109 Å². The molecule has 0 radical (unpaired) electrons. The molecule has 0 aliphatic rings. The predicted octanol–water partition coefficient (Wildman–Crippen LogP) is 22.1. The number of allylic oxidation sites excluding steroid dienone is 22. The van der Waals surface area contributed by atoms with Crippen molar-refractivity contribution in [3.05, 3.63) is 134 Å². The molecular formula is C73H124NO8P. The lowest BCUT2D eigenvalue weighted by atomic mass is 10.0. The maximum Gasteiger partial charge on any atom is 0.472 e. The minimum absolute atomic E-state index is 0.0382. The van der Waals surface area contributed by atoms with E-state index in [2.05, 4.69) is 141 Å². The smallest absolute Gasteiger partial charge is 0.462 e. The predicted molar refractivity (Wildman–Crippen MR) is 357 cm³/mol. The number of nitrogens with two attached hydrogens (primary N) is 1. The van der Waals surface area contributed by atoms with E-state index in [4.69, 9.17) is 24.3 Å². The van der Waals surface area contributed by atoms with Crippen molar-refractivity contribution < 1.29 is 37.6 Å². The largest absolute Gasteiger partial charge is 0.472 e. The summed E-state index contributed by atoms with van der Waals surface area (Å²) in [6, 6.07) is 0. The molecule has 0 aromatic rings. The second kappa shape index (κ2) is 67.3. The Morgan fingerprint density at radius 2 is 0.675 bits per heavy atom. The van der Waals surface area contributed by atoms with Crippen LogP contribution in [-0.4, -0.2) is 49.3 Å². The van der Waals surface area contributed by atoms with Crippen LogP contribution < -0.4 is 5.73 Å². The van der Waals surface area contributed by atoms with Crippen LogP contribution in [0, 0.1) is 0 Å². The first kappa shape index (κ1) is 79.2. The maximum atomic E-state index is 12.7. The SMILES string of the molecule is CC/C=C\C/C=C\C/C=C\C/C=C\C/C=C\C/C=C\C/C=C\C/C=C\C/C=C\CCCC(=O)OC(COC(=O)CCCCCCCCCCCCCCCCCCCCCCC/C=C\C/C=C\CCCCCCC)COP(=O)(O)OCCN. The van der Waals surface area contributed by atoms with Crippen LogP contribution in [0.25, 0.3) is 0 Å². The number of ether oxygens (including phenoxy) is 2. The Morgan fingerprint density at radius 3 is 1.02 bits per heavy atom. The summed E-state index contributed by atoms with van der Waals surface area (Å²) in [4.78, 5) is 35.3. The summed E-state index contributed by atoms with van der Waals surface area (Å²) in [5, 5.41) is 0. The van der Waals surface area contributed by atoms with E-state index in [1.165, 1.54) is 161 Å². The van der Waals surface area contributed by atoms with Gasteiger partial charge in [0.15, 0.2) is 6.10 Å². The molecule has 474 valence electrons. The number of phosphoric acid groups is 1. The Balaban J connectivity index is 3.99. The van der Waals surface area contributed by atoms with Gasteiger partial charge in [-0.2, -0.15) is 0 Å². The van der Waals surface area contributed by atoms with Crippen molar-refractivity contribution in [3.8, 4) is 0 Å². The van der Waals surface area contributed by atoms with Gasteiger partial charge in [0.25, 0.3) is 0 Å². The van der Waals surface area contributed by atoms with Gasteiger partial charge >= 0.3 is 19.8 Å². The van der Waals surface area contributed by atoms with Gasteiger partial charge in [-0.3, -0.25) is 18.6 Å². The van der Waals surface area contributed by atoms with Gasteiger partial charge in [0, 0.05) is 19.4 Å². The fourth-order valence-electron chi connectivity index (χ4n) is 9.08. The van der Waals surface area contributed by atoms with Crippen LogP contribution in [-0.2, 0) is 32.7 Å². The molecule has 0 saturated heterocycles. The van der Waals surface area contributed by atoms with Gasteiger partial charge in [-0.15, -0.1) is 0 Å². The number of hydrogen-bond donors (Lipinski definition) is 2. The summed E-state index contributed by atoms with van der Waals surface area (Å²) in [7, 11) is -4.42. The number of unbranched alkanes of at least 4 members (excludes halogenated alkanes) is 27. The average molecular weight is 1170 g/mol. The summed E-state index contributed by atoms with van der Waals surface area (Å²) in [6.07, 6.45) is 95.5. The molecule has 83 heavy (non-hydrogen) atoms. The van der Waals surface area contributed by atoms with Crippen LogP contribution in [0.1, 0.15) is 284 Å². The molecule has 0 saturated carbocycles. The highest BCUT2D eigenvalue weighted by Gasteiger charge is 2.26. The maximum absolute atomic E-state index is 12.7. The number of esters is 2. The van der Waals surface area contributed by atoms with Gasteiger partial charge in [-0.1, -0.05) is 295 Å². The van der Waals surface area contributed by atoms with E-state index in [-0.39, 0.29) is 32.6 Å². The number of carbonyl (C=O) groups is 2. The molecule has 0 fully saturated rings. The quantitative estimate of drug-likeness (QED) is 0.0264. The second-order valence-electron chi connectivity index (χ2n) is 22.0. The van der Waals surface area contributed by atoms with Crippen LogP contribution in [0.3, 0.4) is 0 Å². The fraction of sp³-hybridized carbons (Fsp3) is 0.671. The summed E-state index contributed by atoms with van der Waals surface area (Å²) in [5.74, 6) is -0.898. The molecule has 2 atom stereocenters. The third kappa shape index (κ3) is 67.2. The molecular weight excluding hydrogens is 1050 g/mol. The standard InChI is InChI=1S/C73H124NO8P/c1-3-5-7-9-11-13-15-17-19-21-23-25-27-29-31-33-34-35-36-38-39-41-43-45-47-49-51-53-55-57-59-61-63-65-72(75)79-69-71(70-81-83(77,78)80-68-67-74)82-73(76)66-64-62-60-58-56-54-52-50-48-46-44-42-40-37-32-30-28-26-24-22-20-18-16-14-12-10-8-6-4-2/h6,8,12,14-15,17-18,20-21,23-24,26,30,32,40,42,46,48,52,54,58,60,71H,3-5,7,9-11,13,16,19,22,25,27-29,31,33-39,41,43-45,47,49-51,53,55-57,59,61-70,74H2,1-2H3,(H,77,78)/b8-6-,14-12-,17-15-,20-18-,23-21-,26-24-,32-30-,42-40-,48-46-,54-52-,60-58-.